The van der Waals surface area contributed by atoms with Crippen molar-refractivity contribution >= 4 is 5.91 Å². The average Bonchev–Trinajstić information content (AvgIpc) is 3.03. The molecular weight excluding hydrogens is 546 g/mol. The van der Waals surface area contributed by atoms with Crippen LogP contribution in [0.25, 0.3) is 0 Å². The summed E-state index contributed by atoms with van der Waals surface area (Å²) < 4.78 is 0. The topological polar surface area (TPSA) is 89.8 Å². The first-order valence-electron chi connectivity index (χ1n) is 18.8. The molecule has 0 bridgehead atoms. The number of carbonyl (C=O) groups is 1. The standard InChI is InChI=1S/C39H73NO4/c1-3-5-7-9-11-13-15-17-18-19-20-21-22-24-26-28-30-32-34-38(43)39(44)40-36(35-41)37(42)33-31-29-27-25-23-16-14-12-10-8-6-4-2/h19-20,23,25,31,33,36-38,41-43H,3-18,21-22,24,26-30,32,34-35H2,1-2H3,(H,40,44)/b20-19-,25-23+,33-31+. The molecule has 4 N–H and O–H groups in total. The van der Waals surface area contributed by atoms with Gasteiger partial charge < -0.3 is 20.6 Å². The minimum absolute atomic E-state index is 0.378. The lowest BCUT2D eigenvalue weighted by Crippen LogP contribution is -2.48. The van der Waals surface area contributed by atoms with Crippen molar-refractivity contribution in [3.8, 4) is 0 Å². The van der Waals surface area contributed by atoms with E-state index in [1.54, 1.807) is 6.08 Å². The number of allylic oxidation sites excluding steroid dienone is 5. The summed E-state index contributed by atoms with van der Waals surface area (Å²) in [5, 5.41) is 32.9. The molecule has 0 spiro atoms. The van der Waals surface area contributed by atoms with Gasteiger partial charge >= 0.3 is 0 Å². The van der Waals surface area contributed by atoms with Gasteiger partial charge in [0, 0.05) is 0 Å². The van der Waals surface area contributed by atoms with Gasteiger partial charge in [0.1, 0.15) is 6.10 Å². The lowest BCUT2D eigenvalue weighted by molar-refractivity contribution is -0.131. The smallest absolute Gasteiger partial charge is 0.249 e. The minimum atomic E-state index is -1.11. The number of hydrogen-bond donors (Lipinski definition) is 4. The van der Waals surface area contributed by atoms with E-state index in [-0.39, 0.29) is 6.61 Å². The number of rotatable bonds is 33. The van der Waals surface area contributed by atoms with E-state index >= 15 is 0 Å². The van der Waals surface area contributed by atoms with Gasteiger partial charge in [0.2, 0.25) is 5.91 Å². The minimum Gasteiger partial charge on any atom is -0.394 e. The second kappa shape index (κ2) is 34.4. The Morgan fingerprint density at radius 3 is 1.39 bits per heavy atom. The van der Waals surface area contributed by atoms with Gasteiger partial charge in [-0.25, -0.2) is 0 Å². The third-order valence-corrected chi connectivity index (χ3v) is 8.45. The molecule has 0 aliphatic carbocycles. The second-order valence-electron chi connectivity index (χ2n) is 12.8. The number of carbonyl (C=O) groups excluding carboxylic acids is 1. The van der Waals surface area contributed by atoms with E-state index in [2.05, 4.69) is 43.5 Å². The first-order valence-corrected chi connectivity index (χ1v) is 18.8. The van der Waals surface area contributed by atoms with E-state index in [1.807, 2.05) is 6.08 Å². The molecule has 5 nitrogen and oxygen atoms in total. The van der Waals surface area contributed by atoms with Crippen LogP contribution in [0.15, 0.2) is 36.5 Å². The Kier molecular flexibility index (Phi) is 33.3. The highest BCUT2D eigenvalue weighted by Crippen LogP contribution is 2.13. The second-order valence-corrected chi connectivity index (χ2v) is 12.8. The van der Waals surface area contributed by atoms with Crippen molar-refractivity contribution in [1.29, 1.82) is 0 Å². The fourth-order valence-electron chi connectivity index (χ4n) is 5.43. The number of nitrogens with one attached hydrogen (secondary N) is 1. The van der Waals surface area contributed by atoms with E-state index < -0.39 is 24.2 Å². The highest BCUT2D eigenvalue weighted by Gasteiger charge is 2.22. The highest BCUT2D eigenvalue weighted by molar-refractivity contribution is 5.80. The quantitative estimate of drug-likeness (QED) is 0.0435. The Morgan fingerprint density at radius 2 is 0.932 bits per heavy atom. The lowest BCUT2D eigenvalue weighted by atomic mass is 10.0. The van der Waals surface area contributed by atoms with Crippen molar-refractivity contribution in [2.24, 2.45) is 0 Å². The molecule has 0 heterocycles. The Morgan fingerprint density at radius 1 is 0.545 bits per heavy atom. The summed E-state index contributed by atoms with van der Waals surface area (Å²) in [7, 11) is 0. The summed E-state index contributed by atoms with van der Waals surface area (Å²) in [5.41, 5.74) is 0. The van der Waals surface area contributed by atoms with Crippen molar-refractivity contribution in [1.82, 2.24) is 5.32 Å². The highest BCUT2D eigenvalue weighted by atomic mass is 16.3. The zero-order chi connectivity index (χ0) is 32.4. The average molecular weight is 620 g/mol. The third kappa shape index (κ3) is 29.3. The molecular formula is C39H73NO4. The summed E-state index contributed by atoms with van der Waals surface area (Å²) in [6.45, 7) is 4.13. The van der Waals surface area contributed by atoms with Crippen LogP contribution in [0.5, 0.6) is 0 Å². The molecule has 5 heteroatoms. The Hall–Kier alpha value is -1.43. The fraction of sp³-hybridized carbons (Fsp3) is 0.821. The van der Waals surface area contributed by atoms with Crippen LogP contribution in [0.4, 0.5) is 0 Å². The first kappa shape index (κ1) is 42.6. The van der Waals surface area contributed by atoms with Gasteiger partial charge in [-0.1, -0.05) is 159 Å². The van der Waals surface area contributed by atoms with Crippen molar-refractivity contribution in [3.63, 3.8) is 0 Å². The molecule has 0 aliphatic heterocycles. The normalized spacial score (nSPS) is 14.2. The molecule has 3 unspecified atom stereocenters. The van der Waals surface area contributed by atoms with Gasteiger partial charge in [-0.3, -0.25) is 4.79 Å². The first-order chi connectivity index (χ1) is 21.6. The number of hydrogen-bond acceptors (Lipinski definition) is 4. The molecule has 0 aliphatic rings. The Balaban J connectivity index is 3.77. The predicted octanol–water partition coefficient (Wildman–Crippen LogP) is 10.0. The van der Waals surface area contributed by atoms with Crippen molar-refractivity contribution in [3.05, 3.63) is 36.5 Å². The maximum atomic E-state index is 12.4. The molecule has 0 aromatic rings. The van der Waals surface area contributed by atoms with Crippen LogP contribution < -0.4 is 5.32 Å². The lowest BCUT2D eigenvalue weighted by Gasteiger charge is -2.21. The summed E-state index contributed by atoms with van der Waals surface area (Å²) in [4.78, 5) is 12.4. The van der Waals surface area contributed by atoms with Gasteiger partial charge in [-0.15, -0.1) is 0 Å². The molecule has 0 aromatic heterocycles. The number of unbranched alkanes of at least 4 members (excludes halogenated alkanes) is 21. The summed E-state index contributed by atoms with van der Waals surface area (Å²) >= 11 is 0. The SMILES string of the molecule is CCCCCCCC/C=C/CC/C=C/C(O)C(CO)NC(=O)C(O)CCCCCCCC/C=C\CCCCCCCCCC. The maximum absolute atomic E-state index is 12.4. The molecule has 1 amide bonds. The van der Waals surface area contributed by atoms with Crippen LogP contribution in [0.3, 0.4) is 0 Å². The molecule has 44 heavy (non-hydrogen) atoms. The van der Waals surface area contributed by atoms with Gasteiger partial charge in [-0.2, -0.15) is 0 Å². The number of aliphatic hydroxyl groups is 3. The third-order valence-electron chi connectivity index (χ3n) is 8.45. The molecule has 0 radical (unpaired) electrons. The van der Waals surface area contributed by atoms with E-state index in [0.29, 0.717) is 6.42 Å². The number of aliphatic hydroxyl groups excluding tert-OH is 3. The molecule has 0 fully saturated rings. The molecule has 0 saturated heterocycles. The number of amides is 1. The zero-order valence-electron chi connectivity index (χ0n) is 29.0. The monoisotopic (exact) mass is 620 g/mol. The van der Waals surface area contributed by atoms with Crippen LogP contribution in [0, 0.1) is 0 Å². The molecule has 0 aromatic carbocycles. The summed E-state index contributed by atoms with van der Waals surface area (Å²) in [5.74, 6) is -0.520. The van der Waals surface area contributed by atoms with Gasteiger partial charge in [0.05, 0.1) is 18.8 Å². The Bertz CT molecular complexity index is 690. The maximum Gasteiger partial charge on any atom is 0.249 e. The summed E-state index contributed by atoms with van der Waals surface area (Å²) in [6, 6.07) is -0.814. The van der Waals surface area contributed by atoms with Crippen LogP contribution in [-0.4, -0.2) is 46.1 Å². The van der Waals surface area contributed by atoms with Gasteiger partial charge in [0.15, 0.2) is 0 Å². The summed E-state index contributed by atoms with van der Waals surface area (Å²) in [6.07, 6.45) is 41.6. The van der Waals surface area contributed by atoms with Crippen LogP contribution >= 0.6 is 0 Å². The van der Waals surface area contributed by atoms with Crippen LogP contribution in [0.2, 0.25) is 0 Å². The van der Waals surface area contributed by atoms with E-state index in [9.17, 15) is 20.1 Å². The van der Waals surface area contributed by atoms with E-state index in [4.69, 9.17) is 0 Å². The molecule has 0 rings (SSSR count). The van der Waals surface area contributed by atoms with Crippen LogP contribution in [0.1, 0.15) is 181 Å². The van der Waals surface area contributed by atoms with Crippen molar-refractivity contribution in [2.45, 2.75) is 199 Å². The van der Waals surface area contributed by atoms with Gasteiger partial charge in [-0.05, 0) is 57.8 Å². The van der Waals surface area contributed by atoms with Gasteiger partial charge in [0.25, 0.3) is 0 Å². The zero-order valence-corrected chi connectivity index (χ0v) is 29.0. The van der Waals surface area contributed by atoms with Crippen LogP contribution in [-0.2, 0) is 4.79 Å². The largest absolute Gasteiger partial charge is 0.394 e. The molecule has 3 atom stereocenters. The Labute approximate surface area is 273 Å². The molecule has 0 saturated carbocycles. The van der Waals surface area contributed by atoms with Crippen molar-refractivity contribution in [2.75, 3.05) is 6.61 Å². The van der Waals surface area contributed by atoms with E-state index in [0.717, 1.165) is 38.5 Å². The predicted molar refractivity (Wildman–Crippen MR) is 190 cm³/mol. The molecule has 258 valence electrons. The fourth-order valence-corrected chi connectivity index (χ4v) is 5.43. The van der Waals surface area contributed by atoms with Crippen molar-refractivity contribution < 1.29 is 20.1 Å². The van der Waals surface area contributed by atoms with E-state index in [1.165, 1.54) is 122 Å².